The Kier molecular flexibility index (Phi) is 7.76. The Labute approximate surface area is 133 Å². The molecule has 0 spiro atoms. The van der Waals surface area contributed by atoms with Crippen LogP contribution in [0.2, 0.25) is 0 Å². The maximum absolute atomic E-state index is 12.0. The van der Waals surface area contributed by atoms with Gasteiger partial charge in [-0.05, 0) is 39.2 Å². The molecule has 0 radical (unpaired) electrons. The summed E-state index contributed by atoms with van der Waals surface area (Å²) in [5, 5.41) is 0. The molecule has 1 aliphatic carbocycles. The zero-order valence-electron chi connectivity index (χ0n) is 14.1. The number of esters is 1. The lowest BCUT2D eigenvalue weighted by Crippen LogP contribution is -2.45. The third-order valence-corrected chi connectivity index (χ3v) is 4.11. The molecule has 0 saturated carbocycles. The van der Waals surface area contributed by atoms with Gasteiger partial charge in [-0.1, -0.05) is 13.8 Å². The summed E-state index contributed by atoms with van der Waals surface area (Å²) in [7, 11) is 0. The molecule has 0 saturated heterocycles. The minimum absolute atomic E-state index is 0.0868. The molecular weight excluding hydrogens is 282 g/mol. The molecule has 0 heterocycles. The van der Waals surface area contributed by atoms with Gasteiger partial charge in [0.15, 0.2) is 0 Å². The molecule has 5 heteroatoms. The lowest BCUT2D eigenvalue weighted by atomic mass is 9.80. The molecule has 0 amide bonds. The van der Waals surface area contributed by atoms with Gasteiger partial charge in [-0.25, -0.2) is 4.79 Å². The maximum atomic E-state index is 12.0. The summed E-state index contributed by atoms with van der Waals surface area (Å²) >= 11 is 0. The van der Waals surface area contributed by atoms with Gasteiger partial charge in [-0.15, -0.1) is 0 Å². The van der Waals surface area contributed by atoms with Crippen LogP contribution in [0.5, 0.6) is 0 Å². The summed E-state index contributed by atoms with van der Waals surface area (Å²) in [6.07, 6.45) is 4.18. The average Bonchev–Trinajstić information content (AvgIpc) is 2.47. The number of hydrogen-bond donors (Lipinski definition) is 1. The van der Waals surface area contributed by atoms with E-state index in [0.717, 1.165) is 12.8 Å². The Morgan fingerprint density at radius 2 is 1.95 bits per heavy atom. The number of rotatable bonds is 8. The van der Waals surface area contributed by atoms with E-state index in [0.29, 0.717) is 25.0 Å². The highest BCUT2D eigenvalue weighted by Gasteiger charge is 2.35. The van der Waals surface area contributed by atoms with Crippen LogP contribution in [0.3, 0.4) is 0 Å². The van der Waals surface area contributed by atoms with Gasteiger partial charge in [0.1, 0.15) is 5.78 Å². The van der Waals surface area contributed by atoms with Crippen molar-refractivity contribution in [2.75, 3.05) is 6.61 Å². The Balaban J connectivity index is 2.98. The first-order valence-corrected chi connectivity index (χ1v) is 8.21. The summed E-state index contributed by atoms with van der Waals surface area (Å²) in [6, 6.07) is -0.271. The fourth-order valence-electron chi connectivity index (χ4n) is 2.86. The van der Waals surface area contributed by atoms with Gasteiger partial charge in [0.2, 0.25) is 0 Å². The van der Waals surface area contributed by atoms with Crippen molar-refractivity contribution in [3.8, 4) is 0 Å². The molecule has 3 atom stereocenters. The van der Waals surface area contributed by atoms with Crippen LogP contribution < -0.4 is 5.73 Å². The van der Waals surface area contributed by atoms with E-state index in [-0.39, 0.29) is 35.9 Å². The molecule has 5 nitrogen and oxygen atoms in total. The molecule has 22 heavy (non-hydrogen) atoms. The standard InChI is InChI=1S/C17H29NO4/c1-5-13(6-2)22-16-10-12(17(20)21-7-3)9-15(18)14(16)8-11(4)19/h10,13-16H,5-9,18H2,1-4H3/t14-,15+,16-/m1/s1. The van der Waals surface area contributed by atoms with Crippen molar-refractivity contribution in [2.24, 2.45) is 11.7 Å². The first-order valence-electron chi connectivity index (χ1n) is 8.21. The third-order valence-electron chi connectivity index (χ3n) is 4.11. The number of ketones is 1. The van der Waals surface area contributed by atoms with Crippen molar-refractivity contribution < 1.29 is 19.1 Å². The van der Waals surface area contributed by atoms with Crippen LogP contribution in [0.1, 0.15) is 53.4 Å². The van der Waals surface area contributed by atoms with Crippen molar-refractivity contribution in [2.45, 2.75) is 71.6 Å². The van der Waals surface area contributed by atoms with E-state index in [2.05, 4.69) is 13.8 Å². The summed E-state index contributed by atoms with van der Waals surface area (Å²) in [5.41, 5.74) is 6.78. The van der Waals surface area contributed by atoms with E-state index in [1.165, 1.54) is 0 Å². The molecule has 0 aromatic heterocycles. The summed E-state index contributed by atoms with van der Waals surface area (Å²) in [5.74, 6) is -0.333. The second kappa shape index (κ2) is 9.06. The monoisotopic (exact) mass is 311 g/mol. The predicted octanol–water partition coefficient (Wildman–Crippen LogP) is 2.38. The van der Waals surface area contributed by atoms with E-state index in [1.54, 1.807) is 13.8 Å². The van der Waals surface area contributed by atoms with Crippen molar-refractivity contribution in [1.29, 1.82) is 0 Å². The number of nitrogens with two attached hydrogens (primary N) is 1. The first-order chi connectivity index (χ1) is 10.4. The largest absolute Gasteiger partial charge is 0.463 e. The maximum Gasteiger partial charge on any atom is 0.333 e. The van der Waals surface area contributed by atoms with Crippen LogP contribution in [-0.4, -0.2) is 36.6 Å². The number of hydrogen-bond acceptors (Lipinski definition) is 5. The van der Waals surface area contributed by atoms with E-state index >= 15 is 0 Å². The smallest absolute Gasteiger partial charge is 0.333 e. The Hall–Kier alpha value is -1.20. The minimum atomic E-state index is -0.336. The molecular formula is C17H29NO4. The van der Waals surface area contributed by atoms with E-state index in [1.807, 2.05) is 6.08 Å². The molecule has 0 fully saturated rings. The van der Waals surface area contributed by atoms with Crippen LogP contribution in [0.25, 0.3) is 0 Å². The molecule has 1 rings (SSSR count). The molecule has 126 valence electrons. The van der Waals surface area contributed by atoms with Gasteiger partial charge >= 0.3 is 5.97 Å². The SMILES string of the molecule is CCOC(=O)C1=C[C@@H](OC(CC)CC)[C@H](CC(C)=O)[C@@H](N)C1. The highest BCUT2D eigenvalue weighted by Crippen LogP contribution is 2.30. The molecule has 1 aliphatic rings. The molecule has 0 aromatic rings. The quantitative estimate of drug-likeness (QED) is 0.696. The first kappa shape index (κ1) is 18.8. The van der Waals surface area contributed by atoms with Crippen molar-refractivity contribution in [3.63, 3.8) is 0 Å². The highest BCUT2D eigenvalue weighted by atomic mass is 16.5. The molecule has 0 aromatic carbocycles. The highest BCUT2D eigenvalue weighted by molar-refractivity contribution is 5.89. The van der Waals surface area contributed by atoms with Gasteiger partial charge in [0.25, 0.3) is 0 Å². The van der Waals surface area contributed by atoms with Crippen LogP contribution in [0.15, 0.2) is 11.6 Å². The lowest BCUT2D eigenvalue weighted by molar-refractivity contribution is -0.139. The van der Waals surface area contributed by atoms with Gasteiger partial charge in [0.05, 0.1) is 18.8 Å². The van der Waals surface area contributed by atoms with Gasteiger partial charge in [-0.3, -0.25) is 0 Å². The van der Waals surface area contributed by atoms with E-state index in [9.17, 15) is 9.59 Å². The lowest BCUT2D eigenvalue weighted by Gasteiger charge is -2.36. The predicted molar refractivity (Wildman–Crippen MR) is 85.3 cm³/mol. The second-order valence-electron chi connectivity index (χ2n) is 5.89. The number of Topliss-reactive ketones (excluding diaryl/α,β-unsaturated/α-hetero) is 1. The fraction of sp³-hybridized carbons (Fsp3) is 0.765. The second-order valence-corrected chi connectivity index (χ2v) is 5.89. The zero-order chi connectivity index (χ0) is 16.7. The van der Waals surface area contributed by atoms with Gasteiger partial charge in [-0.2, -0.15) is 0 Å². The van der Waals surface area contributed by atoms with Crippen LogP contribution in [0.4, 0.5) is 0 Å². The van der Waals surface area contributed by atoms with Crippen molar-refractivity contribution in [3.05, 3.63) is 11.6 Å². The fourth-order valence-corrected chi connectivity index (χ4v) is 2.86. The third kappa shape index (κ3) is 5.21. The van der Waals surface area contributed by atoms with Gasteiger partial charge in [0, 0.05) is 24.0 Å². The van der Waals surface area contributed by atoms with E-state index in [4.69, 9.17) is 15.2 Å². The van der Waals surface area contributed by atoms with E-state index < -0.39 is 0 Å². The van der Waals surface area contributed by atoms with Gasteiger partial charge < -0.3 is 20.0 Å². The number of ether oxygens (including phenoxy) is 2. The van der Waals surface area contributed by atoms with Crippen molar-refractivity contribution >= 4 is 11.8 Å². The Bertz CT molecular complexity index is 415. The van der Waals surface area contributed by atoms with Crippen LogP contribution in [0, 0.1) is 5.92 Å². The molecule has 0 bridgehead atoms. The average molecular weight is 311 g/mol. The topological polar surface area (TPSA) is 78.6 Å². The Morgan fingerprint density at radius 1 is 1.32 bits per heavy atom. The Morgan fingerprint density at radius 3 is 2.45 bits per heavy atom. The summed E-state index contributed by atoms with van der Waals surface area (Å²) in [4.78, 5) is 23.5. The zero-order valence-corrected chi connectivity index (χ0v) is 14.1. The van der Waals surface area contributed by atoms with Crippen LogP contribution >= 0.6 is 0 Å². The number of carbonyl (C=O) groups is 2. The van der Waals surface area contributed by atoms with Crippen molar-refractivity contribution in [1.82, 2.24) is 0 Å². The summed E-state index contributed by atoms with van der Waals surface area (Å²) < 4.78 is 11.2. The number of carbonyl (C=O) groups excluding carboxylic acids is 2. The molecule has 0 unspecified atom stereocenters. The minimum Gasteiger partial charge on any atom is -0.463 e. The molecule has 2 N–H and O–H groups in total. The normalized spacial score (nSPS) is 25.0. The van der Waals surface area contributed by atoms with Crippen LogP contribution in [-0.2, 0) is 19.1 Å². The summed E-state index contributed by atoms with van der Waals surface area (Å²) in [6.45, 7) is 7.80. The molecule has 0 aliphatic heterocycles.